The summed E-state index contributed by atoms with van der Waals surface area (Å²) in [5.41, 5.74) is -1.52. The molecule has 1 unspecified atom stereocenters. The minimum Gasteiger partial charge on any atom is -0.493 e. The topological polar surface area (TPSA) is 244 Å². The van der Waals surface area contributed by atoms with E-state index in [1.54, 1.807) is 60.0 Å². The Morgan fingerprint density at radius 2 is 1.62 bits per heavy atom. The second kappa shape index (κ2) is 25.6. The molecule has 20 atom stereocenters. The van der Waals surface area contributed by atoms with Crippen molar-refractivity contribution in [2.75, 3.05) is 48.1 Å². The highest BCUT2D eigenvalue weighted by molar-refractivity contribution is 5.73. The van der Waals surface area contributed by atoms with Crippen LogP contribution in [0.2, 0.25) is 0 Å². The molecule has 0 bridgehead atoms. The van der Waals surface area contributed by atoms with Crippen LogP contribution in [0, 0.1) is 23.7 Å². The van der Waals surface area contributed by atoms with Gasteiger partial charge in [-0.1, -0.05) is 57.2 Å². The van der Waals surface area contributed by atoms with Gasteiger partial charge in [-0.3, -0.25) is 4.79 Å². The molecule has 6 rings (SSSR count). The van der Waals surface area contributed by atoms with Gasteiger partial charge in [0.1, 0.15) is 48.8 Å². The highest BCUT2D eigenvalue weighted by Gasteiger charge is 2.55. The molecule has 3 aliphatic heterocycles. The van der Waals surface area contributed by atoms with E-state index in [2.05, 4.69) is 15.3 Å². The largest absolute Gasteiger partial charge is 0.493 e. The number of alkyl halides is 1. The third-order valence-electron chi connectivity index (χ3n) is 17.2. The minimum absolute atomic E-state index is 0.0731. The number of cyclic esters (lactones) is 1. The normalized spacial score (nSPS) is 38.5. The van der Waals surface area contributed by atoms with Crippen molar-refractivity contribution in [1.29, 1.82) is 0 Å². The summed E-state index contributed by atoms with van der Waals surface area (Å²) in [6.45, 7) is 17.8. The summed E-state index contributed by atoms with van der Waals surface area (Å²) in [6.07, 6.45) is -4.83. The first-order valence-corrected chi connectivity index (χ1v) is 27.1. The van der Waals surface area contributed by atoms with Crippen molar-refractivity contribution in [1.82, 2.24) is 29.8 Å². The van der Waals surface area contributed by atoms with Crippen molar-refractivity contribution in [3.63, 3.8) is 0 Å². The van der Waals surface area contributed by atoms with Gasteiger partial charge in [-0.2, -0.15) is 0 Å². The molecular formula is C56H89FN6O13. The summed E-state index contributed by atoms with van der Waals surface area (Å²) in [5, 5.41) is 78.6. The average molecular weight is 1070 g/mol. The average Bonchev–Trinajstić information content (AvgIpc) is 3.85. The van der Waals surface area contributed by atoms with Crippen molar-refractivity contribution < 1.29 is 68.2 Å². The van der Waals surface area contributed by atoms with Gasteiger partial charge in [-0.25, -0.2) is 14.1 Å². The molecule has 1 aromatic carbocycles. The zero-order valence-corrected chi connectivity index (χ0v) is 47.2. The Hall–Kier alpha value is -3.77. The van der Waals surface area contributed by atoms with Gasteiger partial charge < -0.3 is 68.9 Å². The number of carbonyl (C=O) groups excluding carboxylic acids is 1. The summed E-state index contributed by atoms with van der Waals surface area (Å²) in [7, 11) is 6.77. The molecule has 3 aliphatic rings. The molecule has 20 heteroatoms. The van der Waals surface area contributed by atoms with E-state index in [0.29, 0.717) is 31.6 Å². The molecule has 0 aliphatic carbocycles. The molecule has 0 amide bonds. The highest BCUT2D eigenvalue weighted by atomic mass is 19.1. The van der Waals surface area contributed by atoms with Crippen LogP contribution in [0.3, 0.4) is 0 Å². The number of aromatic hydroxyl groups is 1. The minimum atomic E-state index is -1.84. The molecule has 3 fully saturated rings. The number of likely N-dealkylation sites (N-methyl/N-ethyl adjacent to an activating group) is 2. The van der Waals surface area contributed by atoms with E-state index >= 15 is 0 Å². The Labute approximate surface area is 449 Å². The standard InChI is InChI=1S/C56H89FN6O13/c1-15-44-56(10,70)49(66)35(6)62(12)29-31(2)25-54(8,69)51(33(4)46(34(5)52(68)75-44)43-26-55(9,72-14)50(67)36(7)74-43)76-53-47(65)41(24-32(3)73-53)61(11)23-22-40-30-63(60-59-40)42(27-57)48(71-13)38-18-16-37(17-19-38)39-20-21-45(64)58-28-39/h16-21,28,30-36,41-44,46-51,53,65-67,69-70H,15,22-27,29H2,1-14H3,(H,58,64)/t31-,32-,33+,34-,35-,36+,41+,42-,43-,44-,46?,47-,48-,49-,50+,51-,53+,54-,55-,56-/m1/s1. The van der Waals surface area contributed by atoms with Crippen molar-refractivity contribution in [3.8, 4) is 17.0 Å². The van der Waals surface area contributed by atoms with Crippen LogP contribution in [-0.2, 0) is 39.6 Å². The lowest BCUT2D eigenvalue weighted by Gasteiger charge is -2.51. The van der Waals surface area contributed by atoms with Crippen molar-refractivity contribution in [2.45, 2.75) is 197 Å². The number of aromatic nitrogens is 4. The van der Waals surface area contributed by atoms with Gasteiger partial charge in [-0.05, 0) is 104 Å². The molecule has 3 saturated heterocycles. The number of esters is 1. The van der Waals surface area contributed by atoms with E-state index in [-0.39, 0.29) is 31.1 Å². The number of nitrogens with zero attached hydrogens (tertiary/aromatic N) is 6. The van der Waals surface area contributed by atoms with Gasteiger partial charge in [0, 0.05) is 82.2 Å². The summed E-state index contributed by atoms with van der Waals surface area (Å²) in [6, 6.07) is 8.88. The molecule has 428 valence electrons. The fraction of sp³-hybridized carbons (Fsp3) is 0.750. The smallest absolute Gasteiger partial charge is 0.309 e. The van der Waals surface area contributed by atoms with E-state index in [9.17, 15) is 39.8 Å². The number of ether oxygens (including phenoxy) is 6. The van der Waals surface area contributed by atoms with Crippen molar-refractivity contribution >= 4 is 5.97 Å². The number of carbonyl (C=O) groups is 1. The van der Waals surface area contributed by atoms with Crippen molar-refractivity contribution in [3.05, 3.63) is 60.0 Å². The Balaban J connectivity index is 1.26. The molecular weight excluding hydrogens is 984 g/mol. The number of aliphatic hydroxyl groups excluding tert-OH is 3. The number of halogens is 1. The molecule has 0 saturated carbocycles. The third-order valence-corrected chi connectivity index (χ3v) is 17.2. The predicted octanol–water partition coefficient (Wildman–Crippen LogP) is 5.04. The molecule has 0 spiro atoms. The van der Waals surface area contributed by atoms with E-state index in [0.717, 1.165) is 16.7 Å². The van der Waals surface area contributed by atoms with Crippen LogP contribution in [0.5, 0.6) is 5.88 Å². The number of rotatable bonds is 15. The molecule has 3 aromatic rings. The molecule has 2 aromatic heterocycles. The van der Waals surface area contributed by atoms with Gasteiger partial charge in [0.15, 0.2) is 6.29 Å². The summed E-state index contributed by atoms with van der Waals surface area (Å²) < 4.78 is 54.5. The van der Waals surface area contributed by atoms with Crippen LogP contribution < -0.4 is 0 Å². The van der Waals surface area contributed by atoms with Gasteiger partial charge in [-0.15, -0.1) is 5.10 Å². The first-order chi connectivity index (χ1) is 35.7. The maximum Gasteiger partial charge on any atom is 0.309 e. The highest BCUT2D eigenvalue weighted by Crippen LogP contribution is 2.45. The number of benzene rings is 1. The second-order valence-corrected chi connectivity index (χ2v) is 23.1. The van der Waals surface area contributed by atoms with Crippen LogP contribution in [0.1, 0.15) is 118 Å². The fourth-order valence-corrected chi connectivity index (χ4v) is 12.5. The number of hydrogen-bond donors (Lipinski definition) is 6. The van der Waals surface area contributed by atoms with Crippen LogP contribution in [0.15, 0.2) is 48.8 Å². The van der Waals surface area contributed by atoms with Crippen LogP contribution >= 0.6 is 0 Å². The maximum absolute atomic E-state index is 14.9. The number of pyridine rings is 1. The number of aliphatic hydroxyl groups is 5. The Bertz CT molecular complexity index is 2290. The SMILES string of the molecule is CC[C@H]1OC(=O)[C@H](C)C([C@H]2C[C@@](C)(OC)[C@@H](O)[C@H](C)O2)[C@H](C)[C@@H](O[C@@H]2O[C@H](C)C[C@H](N(C)CCc3cn([C@H](CF)[C@H](OC)c4ccc(-c5ccc(O)nc5)cc4)nn3)[C@H]2O)[C@](C)(O)C[C@@H](C)CN(C)[C@H](C)[C@@H](O)[C@]1(C)O. The van der Waals surface area contributed by atoms with E-state index < -0.39 is 127 Å². The molecule has 5 heterocycles. The third kappa shape index (κ3) is 13.6. The lowest BCUT2D eigenvalue weighted by atomic mass is 9.68. The zero-order chi connectivity index (χ0) is 56.2. The first kappa shape index (κ1) is 61.4. The fourth-order valence-electron chi connectivity index (χ4n) is 12.5. The van der Waals surface area contributed by atoms with Gasteiger partial charge >= 0.3 is 5.97 Å². The monoisotopic (exact) mass is 1070 g/mol. The zero-order valence-electron chi connectivity index (χ0n) is 47.2. The lowest BCUT2D eigenvalue weighted by molar-refractivity contribution is -0.302. The molecule has 6 N–H and O–H groups in total. The molecule has 76 heavy (non-hydrogen) atoms. The van der Waals surface area contributed by atoms with Crippen molar-refractivity contribution in [2.24, 2.45) is 23.7 Å². The molecule has 0 radical (unpaired) electrons. The van der Waals surface area contributed by atoms with Gasteiger partial charge in [0.05, 0.1) is 47.2 Å². The Kier molecular flexibility index (Phi) is 20.7. The van der Waals surface area contributed by atoms with E-state index in [4.69, 9.17) is 28.4 Å². The van der Waals surface area contributed by atoms with E-state index in [1.165, 1.54) is 31.9 Å². The Morgan fingerprint density at radius 3 is 2.22 bits per heavy atom. The molecule has 19 nitrogen and oxygen atoms in total. The quantitative estimate of drug-likeness (QED) is 0.109. The Morgan fingerprint density at radius 1 is 0.947 bits per heavy atom. The predicted molar refractivity (Wildman–Crippen MR) is 282 cm³/mol. The lowest BCUT2D eigenvalue weighted by Crippen LogP contribution is -2.62. The van der Waals surface area contributed by atoms with Crippen LogP contribution in [0.4, 0.5) is 4.39 Å². The maximum atomic E-state index is 14.9. The van der Waals surface area contributed by atoms with Gasteiger partial charge in [0.25, 0.3) is 0 Å². The summed E-state index contributed by atoms with van der Waals surface area (Å²) >= 11 is 0. The second-order valence-electron chi connectivity index (χ2n) is 23.1. The van der Waals surface area contributed by atoms with Gasteiger partial charge in [0.2, 0.25) is 5.88 Å². The van der Waals surface area contributed by atoms with Crippen LogP contribution in [-0.4, -0.2) is 198 Å². The first-order valence-electron chi connectivity index (χ1n) is 27.1. The summed E-state index contributed by atoms with van der Waals surface area (Å²) in [5.74, 6) is -3.36. The number of methoxy groups -OCH3 is 2. The van der Waals surface area contributed by atoms with E-state index in [1.807, 2.05) is 68.9 Å². The van der Waals surface area contributed by atoms with Crippen LogP contribution in [0.25, 0.3) is 11.1 Å². The number of hydrogen-bond acceptors (Lipinski definition) is 18. The summed E-state index contributed by atoms with van der Waals surface area (Å²) in [4.78, 5) is 22.5.